The SMILES string of the molecule is CC(CS)C(=O)[N+]1(C(=O)O)CCC[C@@H]1C. The summed E-state index contributed by atoms with van der Waals surface area (Å²) < 4.78 is -0.401. The number of amides is 2. The summed E-state index contributed by atoms with van der Waals surface area (Å²) >= 11 is 4.06. The molecule has 2 unspecified atom stereocenters. The highest BCUT2D eigenvalue weighted by atomic mass is 32.1. The van der Waals surface area contributed by atoms with Crippen LogP contribution in [0.15, 0.2) is 0 Å². The Balaban J connectivity index is 3.02. The van der Waals surface area contributed by atoms with E-state index in [1.165, 1.54) is 0 Å². The molecule has 2 amide bonds. The van der Waals surface area contributed by atoms with Gasteiger partial charge in [-0.1, -0.05) is 0 Å². The number of carbonyl (C=O) groups excluding carboxylic acids is 1. The van der Waals surface area contributed by atoms with Crippen LogP contribution in [-0.4, -0.2) is 39.9 Å². The first-order chi connectivity index (χ1) is 6.96. The summed E-state index contributed by atoms with van der Waals surface area (Å²) in [5.74, 6) is -0.105. The number of thiol groups is 1. The van der Waals surface area contributed by atoms with Crippen LogP contribution in [0.25, 0.3) is 0 Å². The smallest absolute Gasteiger partial charge is 0.435 e. The molecule has 0 aromatic carbocycles. The van der Waals surface area contributed by atoms with Crippen LogP contribution in [0.3, 0.4) is 0 Å². The first-order valence-corrected chi connectivity index (χ1v) is 5.86. The van der Waals surface area contributed by atoms with Crippen LogP contribution >= 0.6 is 12.6 Å². The largest absolute Gasteiger partial charge is 0.521 e. The van der Waals surface area contributed by atoms with Gasteiger partial charge in [-0.25, -0.2) is 4.79 Å². The summed E-state index contributed by atoms with van der Waals surface area (Å²) in [6.07, 6.45) is 0.592. The Morgan fingerprint density at radius 3 is 2.53 bits per heavy atom. The molecule has 3 atom stereocenters. The highest BCUT2D eigenvalue weighted by Crippen LogP contribution is 2.30. The Morgan fingerprint density at radius 2 is 2.20 bits per heavy atom. The number of nitrogens with zero attached hydrogens (tertiary/aromatic N) is 1. The van der Waals surface area contributed by atoms with E-state index in [0.29, 0.717) is 12.3 Å². The maximum Gasteiger partial charge on any atom is 0.521 e. The van der Waals surface area contributed by atoms with Gasteiger partial charge in [0.1, 0.15) is 6.04 Å². The minimum Gasteiger partial charge on any atom is -0.435 e. The summed E-state index contributed by atoms with van der Waals surface area (Å²) in [5, 5.41) is 9.28. The van der Waals surface area contributed by atoms with Crippen LogP contribution in [0.2, 0.25) is 0 Å². The van der Waals surface area contributed by atoms with Gasteiger partial charge in [0.2, 0.25) is 0 Å². The number of imide groups is 1. The van der Waals surface area contributed by atoms with Crippen molar-refractivity contribution in [3.63, 3.8) is 0 Å². The second kappa shape index (κ2) is 4.53. The minimum atomic E-state index is -1.02. The van der Waals surface area contributed by atoms with Crippen molar-refractivity contribution in [2.75, 3.05) is 12.3 Å². The Kier molecular flexibility index (Phi) is 3.78. The fraction of sp³-hybridized carbons (Fsp3) is 0.800. The molecule has 1 aliphatic heterocycles. The predicted molar refractivity (Wildman–Crippen MR) is 59.9 cm³/mol. The normalized spacial score (nSPS) is 32.6. The van der Waals surface area contributed by atoms with Gasteiger partial charge in [-0.2, -0.15) is 21.9 Å². The van der Waals surface area contributed by atoms with Crippen molar-refractivity contribution >= 4 is 24.6 Å². The van der Waals surface area contributed by atoms with Gasteiger partial charge < -0.3 is 5.11 Å². The zero-order valence-corrected chi connectivity index (χ0v) is 10.0. The summed E-state index contributed by atoms with van der Waals surface area (Å²) in [5.41, 5.74) is 0. The zero-order chi connectivity index (χ0) is 11.6. The number of carboxylic acid groups (broad SMARTS) is 1. The monoisotopic (exact) mass is 232 g/mol. The van der Waals surface area contributed by atoms with Crippen molar-refractivity contribution in [2.24, 2.45) is 5.92 Å². The number of hydrogen-bond acceptors (Lipinski definition) is 3. The number of likely N-dealkylation sites (tertiary alicyclic amines) is 1. The molecular weight excluding hydrogens is 214 g/mol. The number of rotatable bonds is 2. The van der Waals surface area contributed by atoms with Crippen LogP contribution in [0.4, 0.5) is 4.79 Å². The molecular formula is C10H18NO3S+. The van der Waals surface area contributed by atoms with Crippen LogP contribution in [0, 0.1) is 5.92 Å². The van der Waals surface area contributed by atoms with Crippen LogP contribution < -0.4 is 0 Å². The quantitative estimate of drug-likeness (QED) is 0.563. The maximum atomic E-state index is 12.1. The second-order valence-corrected chi connectivity index (χ2v) is 4.65. The van der Waals surface area contributed by atoms with E-state index in [-0.39, 0.29) is 17.9 Å². The molecule has 0 spiro atoms. The lowest BCUT2D eigenvalue weighted by Crippen LogP contribution is -2.60. The van der Waals surface area contributed by atoms with Crippen molar-refractivity contribution in [1.29, 1.82) is 0 Å². The van der Waals surface area contributed by atoms with E-state index < -0.39 is 10.6 Å². The van der Waals surface area contributed by atoms with Gasteiger partial charge >= 0.3 is 12.0 Å². The molecule has 1 saturated heterocycles. The Bertz CT molecular complexity index is 282. The average Bonchev–Trinajstić information content (AvgIpc) is 2.58. The van der Waals surface area contributed by atoms with E-state index in [1.807, 2.05) is 6.92 Å². The lowest BCUT2D eigenvalue weighted by molar-refractivity contribution is -0.793. The van der Waals surface area contributed by atoms with E-state index >= 15 is 0 Å². The highest BCUT2D eigenvalue weighted by molar-refractivity contribution is 7.80. The van der Waals surface area contributed by atoms with E-state index in [1.54, 1.807) is 6.92 Å². The molecule has 0 aromatic heterocycles. The first-order valence-electron chi connectivity index (χ1n) is 5.23. The van der Waals surface area contributed by atoms with E-state index in [4.69, 9.17) is 0 Å². The summed E-state index contributed by atoms with van der Waals surface area (Å²) in [4.78, 5) is 23.4. The first kappa shape index (κ1) is 12.5. The molecule has 1 rings (SSSR count). The van der Waals surface area contributed by atoms with Gasteiger partial charge in [0.15, 0.2) is 0 Å². The molecule has 0 radical (unpaired) electrons. The number of hydrogen-bond donors (Lipinski definition) is 2. The van der Waals surface area contributed by atoms with Crippen molar-refractivity contribution in [2.45, 2.75) is 32.7 Å². The number of carbonyl (C=O) groups is 2. The molecule has 0 saturated carbocycles. The lowest BCUT2D eigenvalue weighted by Gasteiger charge is -2.31. The fourth-order valence-electron chi connectivity index (χ4n) is 2.25. The maximum absolute atomic E-state index is 12.1. The third-order valence-electron chi connectivity index (χ3n) is 3.32. The minimum absolute atomic E-state index is 0.114. The topological polar surface area (TPSA) is 54.4 Å². The lowest BCUT2D eigenvalue weighted by atomic mass is 10.1. The molecule has 1 N–H and O–H groups in total. The van der Waals surface area contributed by atoms with Gasteiger partial charge in [0.25, 0.3) is 0 Å². The van der Waals surface area contributed by atoms with Gasteiger partial charge in [-0.3, -0.25) is 0 Å². The molecule has 4 nitrogen and oxygen atoms in total. The van der Waals surface area contributed by atoms with Crippen molar-refractivity contribution in [3.05, 3.63) is 0 Å². The number of quaternary nitrogens is 1. The van der Waals surface area contributed by atoms with Crippen LogP contribution in [0.1, 0.15) is 26.7 Å². The molecule has 5 heteroatoms. The molecule has 15 heavy (non-hydrogen) atoms. The van der Waals surface area contributed by atoms with Gasteiger partial charge in [-0.15, -0.1) is 0 Å². The summed E-state index contributed by atoms with van der Waals surface area (Å²) in [6, 6.07) is -0.114. The Morgan fingerprint density at radius 1 is 1.60 bits per heavy atom. The Hall–Kier alpha value is -0.550. The zero-order valence-electron chi connectivity index (χ0n) is 9.14. The molecule has 1 fully saturated rings. The van der Waals surface area contributed by atoms with E-state index in [9.17, 15) is 14.7 Å². The van der Waals surface area contributed by atoms with Crippen LogP contribution in [-0.2, 0) is 4.79 Å². The summed E-state index contributed by atoms with van der Waals surface area (Å²) in [7, 11) is 0. The molecule has 86 valence electrons. The highest BCUT2D eigenvalue weighted by Gasteiger charge is 2.53. The molecule has 1 aliphatic rings. The molecule has 0 bridgehead atoms. The van der Waals surface area contributed by atoms with Crippen molar-refractivity contribution in [1.82, 2.24) is 0 Å². The fourth-order valence-corrected chi connectivity index (χ4v) is 2.41. The summed E-state index contributed by atoms with van der Waals surface area (Å²) in [6.45, 7) is 4.00. The Labute approximate surface area is 95.3 Å². The van der Waals surface area contributed by atoms with Gasteiger partial charge in [0, 0.05) is 18.6 Å². The predicted octanol–water partition coefficient (Wildman–Crippen LogP) is 1.76. The van der Waals surface area contributed by atoms with Crippen LogP contribution in [0.5, 0.6) is 0 Å². The molecule has 1 heterocycles. The molecule has 0 aromatic rings. The van der Waals surface area contributed by atoms with Gasteiger partial charge in [-0.05, 0) is 13.8 Å². The molecule has 0 aliphatic carbocycles. The van der Waals surface area contributed by atoms with Crippen molar-refractivity contribution in [3.8, 4) is 0 Å². The third-order valence-corrected chi connectivity index (χ3v) is 3.86. The average molecular weight is 232 g/mol. The standard InChI is InChI=1S/C10H17NO3S/c1-7(6-15)9(12)11(10(13)14)5-3-4-8(11)2/h7-8H,3-6H2,1-2H3,(H-,13,14,15)/p+1/t7?,8-,11?/m0/s1. The van der Waals surface area contributed by atoms with E-state index in [2.05, 4.69) is 12.6 Å². The van der Waals surface area contributed by atoms with Crippen molar-refractivity contribution < 1.29 is 19.2 Å². The third kappa shape index (κ3) is 1.90. The van der Waals surface area contributed by atoms with E-state index in [0.717, 1.165) is 12.8 Å². The second-order valence-electron chi connectivity index (χ2n) is 4.29. The van der Waals surface area contributed by atoms with Gasteiger partial charge in [0.05, 0.1) is 12.5 Å².